The summed E-state index contributed by atoms with van der Waals surface area (Å²) in [6.45, 7) is 1.80. The molecule has 0 saturated heterocycles. The van der Waals surface area contributed by atoms with Crippen LogP contribution in [0.2, 0.25) is 0 Å². The zero-order valence-electron chi connectivity index (χ0n) is 10.2. The molecule has 0 amide bonds. The first-order valence-electron chi connectivity index (χ1n) is 5.81. The van der Waals surface area contributed by atoms with Crippen LogP contribution in [0.1, 0.15) is 37.8 Å². The fraction of sp³-hybridized carbons (Fsp3) is 0.462. The molecule has 4 nitrogen and oxygen atoms in total. The molecule has 2 atom stereocenters. The fourth-order valence-electron chi connectivity index (χ4n) is 1.44. The van der Waals surface area contributed by atoms with Crippen molar-refractivity contribution in [2.24, 2.45) is 0 Å². The Hall–Kier alpha value is -1.96. The van der Waals surface area contributed by atoms with Crippen molar-refractivity contribution in [1.82, 2.24) is 4.98 Å². The number of nitriles is 1. The summed E-state index contributed by atoms with van der Waals surface area (Å²) in [6.07, 6.45) is 0.534. The molecule has 2 unspecified atom stereocenters. The molecule has 5 heteroatoms. The van der Waals surface area contributed by atoms with Gasteiger partial charge in [0.2, 0.25) is 6.36 Å². The van der Waals surface area contributed by atoms with E-state index in [1.165, 1.54) is 0 Å². The van der Waals surface area contributed by atoms with E-state index in [0.717, 1.165) is 0 Å². The molecule has 0 aliphatic heterocycles. The highest BCUT2D eigenvalue weighted by molar-refractivity contribution is 5.71. The largest absolute Gasteiger partial charge is 0.431 e. The molecular weight excluding hydrogens is 235 g/mol. The number of hydrogen-bond donors (Lipinski definition) is 0. The summed E-state index contributed by atoms with van der Waals surface area (Å²) in [4.78, 5) is 15.4. The number of hydrogen-bond acceptors (Lipinski definition) is 4. The molecule has 0 aromatic carbocycles. The lowest BCUT2D eigenvalue weighted by molar-refractivity contribution is -0.158. The Balaban J connectivity index is 2.55. The normalized spacial score (nSPS) is 13.4. The summed E-state index contributed by atoms with van der Waals surface area (Å²) in [5, 5.41) is 8.97. The van der Waals surface area contributed by atoms with E-state index in [1.54, 1.807) is 31.3 Å². The Kier molecular flexibility index (Phi) is 5.78. The second-order valence-electron chi connectivity index (χ2n) is 3.83. The second-order valence-corrected chi connectivity index (χ2v) is 3.83. The first-order chi connectivity index (χ1) is 8.67. The third-order valence-corrected chi connectivity index (χ3v) is 2.35. The van der Waals surface area contributed by atoms with Crippen molar-refractivity contribution in [3.8, 4) is 6.07 Å². The highest BCUT2D eigenvalue weighted by Gasteiger charge is 2.20. The van der Waals surface area contributed by atoms with Crippen LogP contribution < -0.4 is 0 Å². The number of pyridine rings is 1. The molecule has 1 heterocycles. The standard InChI is InChI=1S/C13H15FN2O2/c1-2-5-12(14)18-13(17)8-10(9-15)11-6-3-4-7-16-11/h3-4,6-7,10,12H,2,5,8H2,1H3. The van der Waals surface area contributed by atoms with Crippen molar-refractivity contribution < 1.29 is 13.9 Å². The van der Waals surface area contributed by atoms with E-state index in [9.17, 15) is 9.18 Å². The van der Waals surface area contributed by atoms with Crippen LogP contribution in [0, 0.1) is 11.3 Å². The highest BCUT2D eigenvalue weighted by Crippen LogP contribution is 2.17. The van der Waals surface area contributed by atoms with E-state index < -0.39 is 18.2 Å². The number of carbonyl (C=O) groups is 1. The summed E-state index contributed by atoms with van der Waals surface area (Å²) in [6, 6.07) is 7.07. The van der Waals surface area contributed by atoms with Crippen molar-refractivity contribution in [1.29, 1.82) is 5.26 Å². The number of nitrogens with zero attached hydrogens (tertiary/aromatic N) is 2. The Morgan fingerprint density at radius 3 is 2.94 bits per heavy atom. The zero-order chi connectivity index (χ0) is 13.4. The highest BCUT2D eigenvalue weighted by atomic mass is 19.1. The number of alkyl halides is 1. The Bertz CT molecular complexity index is 417. The molecule has 0 radical (unpaired) electrons. The Morgan fingerprint density at radius 1 is 1.61 bits per heavy atom. The van der Waals surface area contributed by atoms with Gasteiger partial charge in [0, 0.05) is 12.6 Å². The van der Waals surface area contributed by atoms with Gasteiger partial charge in [-0.1, -0.05) is 13.0 Å². The molecule has 0 spiro atoms. The summed E-state index contributed by atoms with van der Waals surface area (Å²) in [5.41, 5.74) is 0.489. The smallest absolute Gasteiger partial charge is 0.310 e. The fourth-order valence-corrected chi connectivity index (χ4v) is 1.44. The minimum absolute atomic E-state index is 0.173. The number of rotatable bonds is 6. The Labute approximate surface area is 105 Å². The van der Waals surface area contributed by atoms with E-state index in [4.69, 9.17) is 5.26 Å². The van der Waals surface area contributed by atoms with E-state index in [0.29, 0.717) is 12.1 Å². The summed E-state index contributed by atoms with van der Waals surface area (Å²) >= 11 is 0. The van der Waals surface area contributed by atoms with Crippen LogP contribution in [-0.4, -0.2) is 17.3 Å². The molecule has 0 aliphatic rings. The van der Waals surface area contributed by atoms with Crippen LogP contribution in [0.4, 0.5) is 4.39 Å². The minimum atomic E-state index is -1.59. The molecule has 18 heavy (non-hydrogen) atoms. The first kappa shape index (κ1) is 14.1. The van der Waals surface area contributed by atoms with Gasteiger partial charge in [-0.25, -0.2) is 4.39 Å². The van der Waals surface area contributed by atoms with Gasteiger partial charge in [-0.3, -0.25) is 9.78 Å². The van der Waals surface area contributed by atoms with Gasteiger partial charge in [-0.05, 0) is 18.6 Å². The molecule has 0 N–H and O–H groups in total. The molecule has 0 saturated carbocycles. The predicted octanol–water partition coefficient (Wildman–Crippen LogP) is 2.72. The van der Waals surface area contributed by atoms with Crippen LogP contribution in [0.3, 0.4) is 0 Å². The minimum Gasteiger partial charge on any atom is -0.431 e. The van der Waals surface area contributed by atoms with Gasteiger partial charge < -0.3 is 4.74 Å². The maximum Gasteiger partial charge on any atom is 0.310 e. The van der Waals surface area contributed by atoms with Crippen LogP contribution in [0.15, 0.2) is 24.4 Å². The summed E-state index contributed by atoms with van der Waals surface area (Å²) in [5.74, 6) is -1.42. The van der Waals surface area contributed by atoms with Gasteiger partial charge in [0.1, 0.15) is 0 Å². The lowest BCUT2D eigenvalue weighted by Gasteiger charge is -2.11. The van der Waals surface area contributed by atoms with Crippen molar-refractivity contribution in [2.75, 3.05) is 0 Å². The maximum atomic E-state index is 13.1. The van der Waals surface area contributed by atoms with Gasteiger partial charge in [-0.2, -0.15) is 5.26 Å². The predicted molar refractivity (Wildman–Crippen MR) is 63.1 cm³/mol. The van der Waals surface area contributed by atoms with Gasteiger partial charge in [0.05, 0.1) is 24.1 Å². The first-order valence-corrected chi connectivity index (χ1v) is 5.81. The van der Waals surface area contributed by atoms with Crippen LogP contribution >= 0.6 is 0 Å². The molecule has 0 aliphatic carbocycles. The van der Waals surface area contributed by atoms with E-state index in [-0.39, 0.29) is 12.8 Å². The van der Waals surface area contributed by atoms with E-state index >= 15 is 0 Å². The molecule has 0 bridgehead atoms. The molecule has 96 valence electrons. The summed E-state index contributed by atoms with van der Waals surface area (Å²) < 4.78 is 17.6. The van der Waals surface area contributed by atoms with E-state index in [1.807, 2.05) is 6.07 Å². The monoisotopic (exact) mass is 250 g/mol. The molecule has 1 aromatic heterocycles. The topological polar surface area (TPSA) is 63.0 Å². The lowest BCUT2D eigenvalue weighted by Crippen LogP contribution is -2.16. The third kappa shape index (κ3) is 4.50. The van der Waals surface area contributed by atoms with Crippen molar-refractivity contribution in [3.05, 3.63) is 30.1 Å². The van der Waals surface area contributed by atoms with Gasteiger partial charge in [0.25, 0.3) is 0 Å². The SMILES string of the molecule is CCCC(F)OC(=O)CC(C#N)c1ccccn1. The quantitative estimate of drug-likeness (QED) is 0.728. The van der Waals surface area contributed by atoms with Gasteiger partial charge in [-0.15, -0.1) is 0 Å². The van der Waals surface area contributed by atoms with Crippen LogP contribution in [-0.2, 0) is 9.53 Å². The number of aromatic nitrogens is 1. The molecule has 0 fully saturated rings. The average Bonchev–Trinajstić information content (AvgIpc) is 2.37. The van der Waals surface area contributed by atoms with Crippen molar-refractivity contribution in [3.63, 3.8) is 0 Å². The average molecular weight is 250 g/mol. The lowest BCUT2D eigenvalue weighted by atomic mass is 10.0. The zero-order valence-corrected chi connectivity index (χ0v) is 10.2. The van der Waals surface area contributed by atoms with Crippen molar-refractivity contribution >= 4 is 5.97 Å². The number of esters is 1. The maximum absolute atomic E-state index is 13.1. The Morgan fingerprint density at radius 2 is 2.39 bits per heavy atom. The molecular formula is C13H15FN2O2. The number of halogens is 1. The summed E-state index contributed by atoms with van der Waals surface area (Å²) in [7, 11) is 0. The molecule has 1 aromatic rings. The second kappa shape index (κ2) is 7.38. The van der Waals surface area contributed by atoms with E-state index in [2.05, 4.69) is 9.72 Å². The van der Waals surface area contributed by atoms with Crippen LogP contribution in [0.5, 0.6) is 0 Å². The third-order valence-electron chi connectivity index (χ3n) is 2.35. The van der Waals surface area contributed by atoms with Gasteiger partial charge in [0.15, 0.2) is 0 Å². The number of ether oxygens (including phenoxy) is 1. The number of carbonyl (C=O) groups excluding carboxylic acids is 1. The van der Waals surface area contributed by atoms with Crippen LogP contribution in [0.25, 0.3) is 0 Å². The van der Waals surface area contributed by atoms with Gasteiger partial charge >= 0.3 is 5.97 Å². The van der Waals surface area contributed by atoms with Crippen molar-refractivity contribution in [2.45, 2.75) is 38.5 Å². The molecule has 1 rings (SSSR count).